The van der Waals surface area contributed by atoms with Gasteiger partial charge in [0.1, 0.15) is 5.82 Å². The highest BCUT2D eigenvalue weighted by molar-refractivity contribution is 6.39. The Hall–Kier alpha value is -2.70. The topological polar surface area (TPSA) is 76.0 Å². The van der Waals surface area contributed by atoms with Crippen LogP contribution in [0.3, 0.4) is 0 Å². The lowest BCUT2D eigenvalue weighted by molar-refractivity contribution is -0.136. The number of amides is 2. The molecule has 0 saturated carbocycles. The summed E-state index contributed by atoms with van der Waals surface area (Å²) in [5, 5.41) is 9.06. The lowest BCUT2D eigenvalue weighted by Crippen LogP contribution is -2.35. The number of carbonyl (C=O) groups excluding carboxylic acids is 2. The summed E-state index contributed by atoms with van der Waals surface area (Å²) in [6.45, 7) is 3.47. The van der Waals surface area contributed by atoms with Crippen LogP contribution in [0.1, 0.15) is 17.0 Å². The minimum Gasteiger partial charge on any atom is -0.344 e. The molecule has 0 radical (unpaired) electrons. The Balaban J connectivity index is 1.98. The maximum absolute atomic E-state index is 13.4. The molecule has 2 aromatic rings. The summed E-state index contributed by atoms with van der Waals surface area (Å²) in [4.78, 5) is 23.7. The summed E-state index contributed by atoms with van der Waals surface area (Å²) in [5.74, 6) is -2.07. The molecule has 0 spiro atoms. The Kier molecular flexibility index (Phi) is 4.55. The molecule has 7 heteroatoms. The molecule has 0 aliphatic heterocycles. The molecule has 2 amide bonds. The number of nitrogens with zero attached hydrogens (tertiary/aromatic N) is 2. The van der Waals surface area contributed by atoms with Crippen LogP contribution >= 0.6 is 0 Å². The van der Waals surface area contributed by atoms with Gasteiger partial charge in [-0.05, 0) is 19.9 Å². The Morgan fingerprint density at radius 1 is 1.23 bits per heavy atom. The van der Waals surface area contributed by atoms with Crippen molar-refractivity contribution in [3.63, 3.8) is 0 Å². The smallest absolute Gasteiger partial charge is 0.313 e. The van der Waals surface area contributed by atoms with Crippen LogP contribution in [0, 0.1) is 19.7 Å². The lowest BCUT2D eigenvalue weighted by Gasteiger charge is -2.07. The molecule has 0 aliphatic carbocycles. The first-order valence-electron chi connectivity index (χ1n) is 6.73. The minimum atomic E-state index is -0.828. The Bertz CT molecular complexity index is 724. The molecule has 1 aromatic heterocycles. The van der Waals surface area contributed by atoms with E-state index in [-0.39, 0.29) is 6.54 Å². The van der Waals surface area contributed by atoms with Crippen LogP contribution in [0.25, 0.3) is 0 Å². The fourth-order valence-corrected chi connectivity index (χ4v) is 2.02. The van der Waals surface area contributed by atoms with Crippen molar-refractivity contribution in [3.8, 4) is 0 Å². The van der Waals surface area contributed by atoms with Crippen molar-refractivity contribution in [2.75, 3.05) is 5.32 Å². The third-order valence-electron chi connectivity index (χ3n) is 3.35. The number of benzene rings is 1. The number of aryl methyl sites for hydroxylation is 2. The number of halogens is 1. The highest BCUT2D eigenvalue weighted by Gasteiger charge is 2.18. The molecule has 116 valence electrons. The Morgan fingerprint density at radius 2 is 1.91 bits per heavy atom. The average Bonchev–Trinajstić information content (AvgIpc) is 2.72. The zero-order valence-electron chi connectivity index (χ0n) is 12.6. The highest BCUT2D eigenvalue weighted by Crippen LogP contribution is 2.17. The van der Waals surface area contributed by atoms with Crippen LogP contribution in [-0.4, -0.2) is 21.6 Å². The second-order valence-electron chi connectivity index (χ2n) is 4.90. The normalized spacial score (nSPS) is 10.4. The number of hydrogen-bond acceptors (Lipinski definition) is 3. The van der Waals surface area contributed by atoms with Gasteiger partial charge in [0.05, 0.1) is 17.1 Å². The largest absolute Gasteiger partial charge is 0.344 e. The quantitative estimate of drug-likeness (QED) is 0.842. The zero-order chi connectivity index (χ0) is 16.3. The van der Waals surface area contributed by atoms with Gasteiger partial charge >= 0.3 is 11.8 Å². The zero-order valence-corrected chi connectivity index (χ0v) is 12.6. The van der Waals surface area contributed by atoms with E-state index in [1.807, 2.05) is 0 Å². The van der Waals surface area contributed by atoms with Crippen molar-refractivity contribution >= 4 is 17.5 Å². The van der Waals surface area contributed by atoms with Gasteiger partial charge in [0.25, 0.3) is 0 Å². The van der Waals surface area contributed by atoms with Crippen molar-refractivity contribution in [2.24, 2.45) is 7.05 Å². The van der Waals surface area contributed by atoms with Crippen molar-refractivity contribution in [1.82, 2.24) is 15.1 Å². The summed E-state index contributed by atoms with van der Waals surface area (Å²) in [6, 6.07) is 6.06. The van der Waals surface area contributed by atoms with E-state index >= 15 is 0 Å². The van der Waals surface area contributed by atoms with Gasteiger partial charge in [-0.15, -0.1) is 0 Å². The van der Waals surface area contributed by atoms with E-state index in [0.717, 1.165) is 5.69 Å². The molecule has 0 bridgehead atoms. The van der Waals surface area contributed by atoms with Crippen molar-refractivity contribution in [2.45, 2.75) is 20.4 Å². The first kappa shape index (κ1) is 15.7. The molecule has 1 heterocycles. The van der Waals surface area contributed by atoms with Crippen LogP contribution in [0.15, 0.2) is 24.3 Å². The number of carbonyl (C=O) groups is 2. The van der Waals surface area contributed by atoms with Gasteiger partial charge in [0.15, 0.2) is 0 Å². The van der Waals surface area contributed by atoms with Crippen LogP contribution < -0.4 is 10.6 Å². The third kappa shape index (κ3) is 3.30. The van der Waals surface area contributed by atoms with Crippen molar-refractivity contribution < 1.29 is 14.0 Å². The van der Waals surface area contributed by atoms with E-state index in [0.29, 0.717) is 16.9 Å². The van der Waals surface area contributed by atoms with E-state index in [9.17, 15) is 14.0 Å². The summed E-state index contributed by atoms with van der Waals surface area (Å²) in [5.41, 5.74) is 2.19. The summed E-state index contributed by atoms with van der Waals surface area (Å²) in [6.07, 6.45) is 0. The van der Waals surface area contributed by atoms with Crippen molar-refractivity contribution in [1.29, 1.82) is 0 Å². The van der Waals surface area contributed by atoms with E-state index in [1.165, 1.54) is 6.07 Å². The van der Waals surface area contributed by atoms with Gasteiger partial charge in [-0.3, -0.25) is 14.3 Å². The SMILES string of the molecule is Cc1nn(C)c(C)c1NC(=O)C(=O)NCc1ccccc1F. The van der Waals surface area contributed by atoms with Gasteiger partial charge in [0.2, 0.25) is 0 Å². The van der Waals surface area contributed by atoms with Gasteiger partial charge in [-0.1, -0.05) is 18.2 Å². The molecule has 0 fully saturated rings. The number of nitrogens with one attached hydrogen (secondary N) is 2. The molecule has 0 atom stereocenters. The Morgan fingerprint density at radius 3 is 2.50 bits per heavy atom. The van der Waals surface area contributed by atoms with Crippen LogP contribution in [0.4, 0.5) is 10.1 Å². The molecule has 2 N–H and O–H groups in total. The molecular formula is C15H17FN4O2. The molecule has 0 aliphatic rings. The molecule has 2 rings (SSSR count). The third-order valence-corrected chi connectivity index (χ3v) is 3.35. The fraction of sp³-hybridized carbons (Fsp3) is 0.267. The number of rotatable bonds is 3. The average molecular weight is 304 g/mol. The molecular weight excluding hydrogens is 287 g/mol. The first-order valence-corrected chi connectivity index (χ1v) is 6.73. The van der Waals surface area contributed by atoms with E-state index in [4.69, 9.17) is 0 Å². The molecule has 6 nitrogen and oxygen atoms in total. The molecule has 22 heavy (non-hydrogen) atoms. The second kappa shape index (κ2) is 6.38. The summed E-state index contributed by atoms with van der Waals surface area (Å²) in [7, 11) is 1.75. The molecule has 0 saturated heterocycles. The van der Waals surface area contributed by atoms with Gasteiger partial charge < -0.3 is 10.6 Å². The summed E-state index contributed by atoms with van der Waals surface area (Å²) < 4.78 is 15.0. The number of anilines is 1. The Labute approximate surface area is 127 Å². The predicted molar refractivity (Wildman–Crippen MR) is 79.6 cm³/mol. The lowest BCUT2D eigenvalue weighted by atomic mass is 10.2. The van der Waals surface area contributed by atoms with Crippen molar-refractivity contribution in [3.05, 3.63) is 47.0 Å². The first-order chi connectivity index (χ1) is 10.4. The van der Waals surface area contributed by atoms with E-state index in [1.54, 1.807) is 43.8 Å². The van der Waals surface area contributed by atoms with Gasteiger partial charge in [-0.2, -0.15) is 5.10 Å². The van der Waals surface area contributed by atoms with Gasteiger partial charge in [0, 0.05) is 19.2 Å². The molecule has 0 unspecified atom stereocenters. The van der Waals surface area contributed by atoms with Crippen LogP contribution in [-0.2, 0) is 23.2 Å². The van der Waals surface area contributed by atoms with Gasteiger partial charge in [-0.25, -0.2) is 4.39 Å². The fourth-order valence-electron chi connectivity index (χ4n) is 2.02. The van der Waals surface area contributed by atoms with E-state index in [2.05, 4.69) is 15.7 Å². The maximum Gasteiger partial charge on any atom is 0.313 e. The predicted octanol–water partition coefficient (Wildman–Crippen LogP) is 1.43. The monoisotopic (exact) mass is 304 g/mol. The minimum absolute atomic E-state index is 0.0517. The number of hydrogen-bond donors (Lipinski definition) is 2. The van der Waals surface area contributed by atoms with Crippen LogP contribution in [0.5, 0.6) is 0 Å². The molecule has 1 aromatic carbocycles. The standard InChI is InChI=1S/C15H17FN4O2/c1-9-13(10(2)20(3)19-9)18-15(22)14(21)17-8-11-6-4-5-7-12(11)16/h4-7H,8H2,1-3H3,(H,17,21)(H,18,22). The number of aromatic nitrogens is 2. The van der Waals surface area contributed by atoms with Crippen LogP contribution in [0.2, 0.25) is 0 Å². The second-order valence-corrected chi connectivity index (χ2v) is 4.90. The maximum atomic E-state index is 13.4. The highest BCUT2D eigenvalue weighted by atomic mass is 19.1. The summed E-state index contributed by atoms with van der Waals surface area (Å²) >= 11 is 0. The van der Waals surface area contributed by atoms with E-state index < -0.39 is 17.6 Å².